The van der Waals surface area contributed by atoms with Crippen LogP contribution in [0.15, 0.2) is 0 Å². The maximum Gasteiger partial charge on any atom is 0.325 e. The summed E-state index contributed by atoms with van der Waals surface area (Å²) in [7, 11) is 3.02. The second-order valence-electron chi connectivity index (χ2n) is 2.70. The summed E-state index contributed by atoms with van der Waals surface area (Å²) in [6.45, 7) is 1.33. The molecule has 0 radical (unpaired) electrons. The fourth-order valence-electron chi connectivity index (χ4n) is 1.07. The van der Waals surface area contributed by atoms with Crippen molar-refractivity contribution < 1.29 is 14.3 Å². The van der Waals surface area contributed by atoms with Crippen molar-refractivity contribution in [3.63, 3.8) is 0 Å². The summed E-state index contributed by atoms with van der Waals surface area (Å²) >= 11 is 0. The Labute approximate surface area is 70.9 Å². The normalized spacial score (nSPS) is 17.0. The Balaban J connectivity index is 2.44. The van der Waals surface area contributed by atoms with E-state index in [2.05, 4.69) is 4.74 Å². The number of carbonyl (C=O) groups is 2. The average molecular weight is 172 g/mol. The topological polar surface area (TPSA) is 49.9 Å². The zero-order chi connectivity index (χ0) is 9.14. The Kier molecular flexibility index (Phi) is 2.52. The molecule has 5 nitrogen and oxygen atoms in total. The van der Waals surface area contributed by atoms with Crippen molar-refractivity contribution in [2.45, 2.75) is 0 Å². The minimum Gasteiger partial charge on any atom is -0.468 e. The number of amides is 2. The zero-order valence-corrected chi connectivity index (χ0v) is 7.24. The highest BCUT2D eigenvalue weighted by Gasteiger charge is 2.26. The number of likely N-dealkylation sites (N-methyl/N-ethyl adjacent to an activating group) is 1. The zero-order valence-electron chi connectivity index (χ0n) is 7.24. The van der Waals surface area contributed by atoms with Crippen molar-refractivity contribution in [3.05, 3.63) is 0 Å². The number of ether oxygens (including phenoxy) is 1. The molecule has 1 rings (SSSR count). The van der Waals surface area contributed by atoms with Crippen LogP contribution in [0.3, 0.4) is 0 Å². The molecule has 1 saturated heterocycles. The number of nitrogens with zero attached hydrogens (tertiary/aromatic N) is 2. The van der Waals surface area contributed by atoms with Gasteiger partial charge in [0.25, 0.3) is 0 Å². The fourth-order valence-corrected chi connectivity index (χ4v) is 1.07. The molecule has 68 valence electrons. The van der Waals surface area contributed by atoms with Crippen LogP contribution < -0.4 is 0 Å². The van der Waals surface area contributed by atoms with Gasteiger partial charge in [-0.05, 0) is 0 Å². The van der Waals surface area contributed by atoms with Gasteiger partial charge in [-0.2, -0.15) is 0 Å². The average Bonchev–Trinajstić information content (AvgIpc) is 2.36. The molecule has 0 saturated carbocycles. The Hall–Kier alpha value is -1.26. The molecule has 1 heterocycles. The van der Waals surface area contributed by atoms with E-state index in [1.165, 1.54) is 12.0 Å². The third kappa shape index (κ3) is 1.66. The third-order valence-corrected chi connectivity index (χ3v) is 1.85. The summed E-state index contributed by atoms with van der Waals surface area (Å²) in [6, 6.07) is -0.111. The largest absolute Gasteiger partial charge is 0.468 e. The third-order valence-electron chi connectivity index (χ3n) is 1.85. The van der Waals surface area contributed by atoms with Gasteiger partial charge in [0.2, 0.25) is 0 Å². The summed E-state index contributed by atoms with van der Waals surface area (Å²) in [5.41, 5.74) is 0. The first kappa shape index (κ1) is 8.83. The van der Waals surface area contributed by atoms with Gasteiger partial charge in [0.05, 0.1) is 7.11 Å². The standard InChI is InChI=1S/C7H12N2O3/c1-8-3-4-9(7(8)11)5-6(10)12-2/h3-5H2,1-2H3. The minimum absolute atomic E-state index is 0.0552. The summed E-state index contributed by atoms with van der Waals surface area (Å²) in [5.74, 6) is -0.376. The van der Waals surface area contributed by atoms with E-state index in [0.717, 1.165) is 0 Å². The van der Waals surface area contributed by atoms with E-state index < -0.39 is 0 Å². The quantitative estimate of drug-likeness (QED) is 0.529. The van der Waals surface area contributed by atoms with Crippen molar-refractivity contribution in [2.75, 3.05) is 33.8 Å². The van der Waals surface area contributed by atoms with Crippen LogP contribution in [0.5, 0.6) is 0 Å². The number of methoxy groups -OCH3 is 1. The predicted molar refractivity (Wildman–Crippen MR) is 41.6 cm³/mol. The van der Waals surface area contributed by atoms with Crippen molar-refractivity contribution in [1.29, 1.82) is 0 Å². The van der Waals surface area contributed by atoms with Crippen LogP contribution >= 0.6 is 0 Å². The van der Waals surface area contributed by atoms with Crippen LogP contribution in [0.1, 0.15) is 0 Å². The monoisotopic (exact) mass is 172 g/mol. The van der Waals surface area contributed by atoms with E-state index in [1.54, 1.807) is 11.9 Å². The SMILES string of the molecule is COC(=O)CN1CCN(C)C1=O. The van der Waals surface area contributed by atoms with E-state index >= 15 is 0 Å². The molecule has 0 N–H and O–H groups in total. The summed E-state index contributed by atoms with van der Waals surface area (Å²) in [5, 5.41) is 0. The van der Waals surface area contributed by atoms with Gasteiger partial charge in [-0.25, -0.2) is 4.79 Å². The van der Waals surface area contributed by atoms with E-state index in [4.69, 9.17) is 0 Å². The number of carbonyl (C=O) groups excluding carboxylic acids is 2. The van der Waals surface area contributed by atoms with Gasteiger partial charge in [0.1, 0.15) is 6.54 Å². The molecule has 0 aromatic carbocycles. The first-order valence-corrected chi connectivity index (χ1v) is 3.72. The highest BCUT2D eigenvalue weighted by molar-refractivity contribution is 5.82. The molecule has 2 amide bonds. The number of hydrogen-bond acceptors (Lipinski definition) is 3. The van der Waals surface area contributed by atoms with E-state index in [-0.39, 0.29) is 18.5 Å². The number of hydrogen-bond donors (Lipinski definition) is 0. The van der Waals surface area contributed by atoms with Crippen molar-refractivity contribution in [1.82, 2.24) is 9.80 Å². The lowest BCUT2D eigenvalue weighted by atomic mass is 10.5. The van der Waals surface area contributed by atoms with Crippen LogP contribution in [0.4, 0.5) is 4.79 Å². The van der Waals surface area contributed by atoms with Crippen molar-refractivity contribution in [2.24, 2.45) is 0 Å². The molecule has 12 heavy (non-hydrogen) atoms. The second-order valence-corrected chi connectivity index (χ2v) is 2.70. The molecule has 0 aliphatic carbocycles. The molecule has 0 aromatic rings. The van der Waals surface area contributed by atoms with Crippen LogP contribution in [0, 0.1) is 0 Å². The molecule has 0 aromatic heterocycles. The molecule has 0 unspecified atom stereocenters. The summed E-state index contributed by atoms with van der Waals surface area (Å²) in [6.07, 6.45) is 0. The summed E-state index contributed by atoms with van der Waals surface area (Å²) < 4.78 is 4.44. The highest BCUT2D eigenvalue weighted by Crippen LogP contribution is 2.04. The van der Waals surface area contributed by atoms with Gasteiger partial charge in [-0.1, -0.05) is 0 Å². The van der Waals surface area contributed by atoms with Gasteiger partial charge in [-0.15, -0.1) is 0 Å². The molecule has 1 aliphatic rings. The number of urea groups is 1. The van der Waals surface area contributed by atoms with Crippen LogP contribution in [0.2, 0.25) is 0 Å². The van der Waals surface area contributed by atoms with Gasteiger partial charge in [0, 0.05) is 20.1 Å². The first-order valence-electron chi connectivity index (χ1n) is 3.72. The van der Waals surface area contributed by atoms with Gasteiger partial charge in [0.15, 0.2) is 0 Å². The van der Waals surface area contributed by atoms with Crippen molar-refractivity contribution in [3.8, 4) is 0 Å². The highest BCUT2D eigenvalue weighted by atomic mass is 16.5. The molecule has 5 heteroatoms. The Bertz CT molecular complexity index is 205. The Morgan fingerprint density at radius 2 is 2.25 bits per heavy atom. The molecule has 0 spiro atoms. The summed E-state index contributed by atoms with van der Waals surface area (Å²) in [4.78, 5) is 25.0. The Morgan fingerprint density at radius 1 is 1.58 bits per heavy atom. The molecule has 0 atom stereocenters. The van der Waals surface area contributed by atoms with Gasteiger partial charge in [-0.3, -0.25) is 4.79 Å². The number of rotatable bonds is 2. The second kappa shape index (κ2) is 3.42. The molecule has 1 fully saturated rings. The van der Waals surface area contributed by atoms with Crippen molar-refractivity contribution >= 4 is 12.0 Å². The predicted octanol–water partition coefficient (Wildman–Crippen LogP) is -0.473. The Morgan fingerprint density at radius 3 is 2.67 bits per heavy atom. The molecule has 0 bridgehead atoms. The van der Waals surface area contributed by atoms with Gasteiger partial charge < -0.3 is 14.5 Å². The van der Waals surface area contributed by atoms with E-state index in [1.807, 2.05) is 0 Å². The lowest BCUT2D eigenvalue weighted by Gasteiger charge is -2.13. The number of esters is 1. The first-order chi connectivity index (χ1) is 5.65. The lowest BCUT2D eigenvalue weighted by molar-refractivity contribution is -0.141. The maximum absolute atomic E-state index is 11.2. The fraction of sp³-hybridized carbons (Fsp3) is 0.714. The molecular weight excluding hydrogens is 160 g/mol. The minimum atomic E-state index is -0.376. The maximum atomic E-state index is 11.2. The van der Waals surface area contributed by atoms with Crippen LogP contribution in [-0.4, -0.2) is 55.6 Å². The van der Waals surface area contributed by atoms with Gasteiger partial charge >= 0.3 is 12.0 Å². The molecule has 1 aliphatic heterocycles. The van der Waals surface area contributed by atoms with E-state index in [0.29, 0.717) is 13.1 Å². The van der Waals surface area contributed by atoms with E-state index in [9.17, 15) is 9.59 Å². The van der Waals surface area contributed by atoms with Crippen LogP contribution in [-0.2, 0) is 9.53 Å². The lowest BCUT2D eigenvalue weighted by Crippen LogP contribution is -2.34. The van der Waals surface area contributed by atoms with Crippen LogP contribution in [0.25, 0.3) is 0 Å². The smallest absolute Gasteiger partial charge is 0.325 e. The molecular formula is C7H12N2O3.